The fraction of sp³-hybridized carbons (Fsp3) is 0.333. The highest BCUT2D eigenvalue weighted by molar-refractivity contribution is 5.91. The quantitative estimate of drug-likeness (QED) is 0.144. The normalized spacial score (nSPS) is 18.4. The number of aliphatic hydroxyl groups excluding tert-OH is 1. The topological polar surface area (TPSA) is 132 Å². The molecule has 2 aliphatic rings. The van der Waals surface area contributed by atoms with Crippen molar-refractivity contribution in [2.75, 3.05) is 45.1 Å². The van der Waals surface area contributed by atoms with Gasteiger partial charge in [-0.1, -0.05) is 30.3 Å². The van der Waals surface area contributed by atoms with Crippen LogP contribution in [-0.4, -0.2) is 86.4 Å². The Hall–Kier alpha value is -5.43. The zero-order chi connectivity index (χ0) is 37.5. The molecule has 0 aliphatic carbocycles. The Labute approximate surface area is 312 Å². The second-order valence-electron chi connectivity index (χ2n) is 14.5. The number of rotatable bonds is 10. The number of benzene rings is 2. The summed E-state index contributed by atoms with van der Waals surface area (Å²) in [6.45, 7) is 8.72. The molecule has 12 heteroatoms. The molecule has 0 saturated carbocycles. The van der Waals surface area contributed by atoms with Crippen LogP contribution in [0.1, 0.15) is 29.5 Å². The number of anilines is 2. The zero-order valence-corrected chi connectivity index (χ0v) is 30.7. The third kappa shape index (κ3) is 6.88. The minimum Gasteiger partial charge on any atom is -0.481 e. The third-order valence-corrected chi connectivity index (χ3v) is 11.0. The van der Waals surface area contributed by atoms with E-state index < -0.39 is 11.8 Å². The molecule has 0 bridgehead atoms. The number of carboxylic acids is 1. The number of nitrogens with zero attached hydrogens (tertiary/aromatic N) is 6. The lowest BCUT2D eigenvalue weighted by Crippen LogP contribution is -2.31. The number of aliphatic hydroxyl groups is 1. The monoisotopic (exact) mass is 729 g/mol. The summed E-state index contributed by atoms with van der Waals surface area (Å²) in [5, 5.41) is 24.4. The maximum Gasteiger partial charge on any atom is 0.307 e. The number of hydrogen-bond acceptors (Lipinski definition) is 9. The number of aliphatic carboxylic acids is 1. The van der Waals surface area contributed by atoms with E-state index >= 15 is 4.39 Å². The highest BCUT2D eigenvalue weighted by atomic mass is 19.1. The van der Waals surface area contributed by atoms with Gasteiger partial charge in [-0.25, -0.2) is 9.37 Å². The average Bonchev–Trinajstić information content (AvgIpc) is 3.93. The largest absolute Gasteiger partial charge is 0.481 e. The summed E-state index contributed by atoms with van der Waals surface area (Å²) in [5.74, 6) is -0.389. The van der Waals surface area contributed by atoms with Crippen LogP contribution in [0.15, 0.2) is 82.6 Å². The van der Waals surface area contributed by atoms with Gasteiger partial charge in [-0.2, -0.15) is 0 Å². The SMILES string of the molecule is CN=c1c2cc(-c3cccc(-c4cccc(Nc5nccc6cc(CN7CC[C@@H](O)C7)cnc56)c4C)c3C)oc2c(F)cn1CCN1CC[C@@H](C(=O)O)C1. The van der Waals surface area contributed by atoms with Crippen molar-refractivity contribution in [3.05, 3.63) is 101 Å². The van der Waals surface area contributed by atoms with E-state index in [9.17, 15) is 15.0 Å². The summed E-state index contributed by atoms with van der Waals surface area (Å²) in [7, 11) is 1.69. The van der Waals surface area contributed by atoms with E-state index in [1.54, 1.807) is 17.8 Å². The maximum absolute atomic E-state index is 15.6. The molecule has 0 radical (unpaired) electrons. The van der Waals surface area contributed by atoms with Gasteiger partial charge in [0.25, 0.3) is 0 Å². The molecule has 4 aromatic heterocycles. The predicted molar refractivity (Wildman–Crippen MR) is 207 cm³/mol. The van der Waals surface area contributed by atoms with Gasteiger partial charge in [-0.3, -0.25) is 19.7 Å². The Morgan fingerprint density at radius 2 is 1.76 bits per heavy atom. The summed E-state index contributed by atoms with van der Waals surface area (Å²) in [6, 6.07) is 18.2. The molecule has 2 aromatic carbocycles. The fourth-order valence-electron chi connectivity index (χ4n) is 8.07. The van der Waals surface area contributed by atoms with Crippen molar-refractivity contribution in [3.63, 3.8) is 0 Å². The molecule has 11 nitrogen and oxygen atoms in total. The van der Waals surface area contributed by atoms with Gasteiger partial charge in [0.1, 0.15) is 16.8 Å². The predicted octanol–water partition coefficient (Wildman–Crippen LogP) is 6.51. The summed E-state index contributed by atoms with van der Waals surface area (Å²) in [4.78, 5) is 29.8. The van der Waals surface area contributed by atoms with Crippen LogP contribution < -0.4 is 10.8 Å². The molecule has 0 spiro atoms. The van der Waals surface area contributed by atoms with Crippen molar-refractivity contribution in [2.24, 2.45) is 10.9 Å². The lowest BCUT2D eigenvalue weighted by molar-refractivity contribution is -0.141. The molecule has 6 aromatic rings. The second-order valence-corrected chi connectivity index (χ2v) is 14.5. The highest BCUT2D eigenvalue weighted by Gasteiger charge is 2.28. The van der Waals surface area contributed by atoms with Crippen LogP contribution in [0, 0.1) is 25.6 Å². The zero-order valence-electron chi connectivity index (χ0n) is 30.7. The molecule has 3 N–H and O–H groups in total. The van der Waals surface area contributed by atoms with Gasteiger partial charge in [-0.15, -0.1) is 0 Å². The minimum atomic E-state index is -0.770. The molecule has 278 valence electrons. The van der Waals surface area contributed by atoms with Crippen LogP contribution in [0.25, 0.3) is 44.3 Å². The van der Waals surface area contributed by atoms with E-state index in [-0.39, 0.29) is 17.6 Å². The molecule has 2 saturated heterocycles. The van der Waals surface area contributed by atoms with Gasteiger partial charge >= 0.3 is 5.97 Å². The van der Waals surface area contributed by atoms with Crippen molar-refractivity contribution in [1.82, 2.24) is 24.3 Å². The summed E-state index contributed by atoms with van der Waals surface area (Å²) in [6.07, 6.45) is 6.28. The summed E-state index contributed by atoms with van der Waals surface area (Å²) < 4.78 is 23.6. The second kappa shape index (κ2) is 14.8. The minimum absolute atomic E-state index is 0.152. The lowest BCUT2D eigenvalue weighted by atomic mass is 9.92. The van der Waals surface area contributed by atoms with Crippen molar-refractivity contribution >= 4 is 39.3 Å². The fourth-order valence-corrected chi connectivity index (χ4v) is 8.07. The maximum atomic E-state index is 15.6. The van der Waals surface area contributed by atoms with Crippen molar-refractivity contribution in [1.29, 1.82) is 0 Å². The number of carboxylic acid groups (broad SMARTS) is 1. The Morgan fingerprint density at radius 1 is 0.981 bits per heavy atom. The third-order valence-electron chi connectivity index (χ3n) is 11.0. The number of furan rings is 1. The number of pyridine rings is 3. The van der Waals surface area contributed by atoms with Crippen LogP contribution in [0.5, 0.6) is 0 Å². The van der Waals surface area contributed by atoms with Gasteiger partial charge in [0.15, 0.2) is 17.2 Å². The van der Waals surface area contributed by atoms with E-state index in [2.05, 4.69) is 57.1 Å². The number of nitrogens with one attached hydrogen (secondary N) is 1. The number of halogens is 1. The van der Waals surface area contributed by atoms with E-state index in [1.165, 1.54) is 6.20 Å². The van der Waals surface area contributed by atoms with Gasteiger partial charge in [0.05, 0.1) is 17.4 Å². The summed E-state index contributed by atoms with van der Waals surface area (Å²) in [5.41, 5.74) is 8.50. The first kappa shape index (κ1) is 35.6. The van der Waals surface area contributed by atoms with E-state index in [0.717, 1.165) is 69.5 Å². The first-order valence-corrected chi connectivity index (χ1v) is 18.5. The Kier molecular flexibility index (Phi) is 9.74. The van der Waals surface area contributed by atoms with Crippen LogP contribution in [0.2, 0.25) is 0 Å². The van der Waals surface area contributed by atoms with E-state index in [4.69, 9.17) is 9.40 Å². The van der Waals surface area contributed by atoms with E-state index in [1.807, 2.05) is 42.6 Å². The standard InChI is InChI=1S/C42H44FN7O4/c1-25-31(32-7-5-9-36(26(32)2)47-40-38-28(10-13-45-40)18-27(20-46-38)21-49-15-12-30(51)23-49)6-4-8-33(25)37-19-34-39(54-37)35(43)24-50(41(34)44-3)17-16-48-14-11-29(22-48)42(52)53/h4-10,13,18-20,24,29-30,51H,11-12,14-17,21-23H2,1-3H3,(H,45,47)(H,52,53)/t29-,30-/m1/s1. The number of carbonyl (C=O) groups is 1. The van der Waals surface area contributed by atoms with Gasteiger partial charge in [0, 0.05) is 81.5 Å². The number of fused-ring (bicyclic) bond motifs is 2. The molecule has 54 heavy (non-hydrogen) atoms. The number of hydrogen-bond donors (Lipinski definition) is 3. The number of β-amino-alcohol motifs (C(OH)–C–C–N with tert-alkyl or cyclic N) is 1. The van der Waals surface area contributed by atoms with Gasteiger partial charge < -0.3 is 29.4 Å². The molecule has 8 rings (SSSR count). The highest BCUT2D eigenvalue weighted by Crippen LogP contribution is 2.38. The van der Waals surface area contributed by atoms with Crippen molar-refractivity contribution in [3.8, 4) is 22.5 Å². The first-order valence-electron chi connectivity index (χ1n) is 18.5. The number of likely N-dealkylation sites (tertiary alicyclic amines) is 2. The van der Waals surface area contributed by atoms with Crippen molar-refractivity contribution in [2.45, 2.75) is 45.9 Å². The molecule has 2 aliphatic heterocycles. The lowest BCUT2D eigenvalue weighted by Gasteiger charge is -2.17. The number of aromatic nitrogens is 3. The Balaban J connectivity index is 1.06. The van der Waals surface area contributed by atoms with Gasteiger partial charge in [0.2, 0.25) is 0 Å². The summed E-state index contributed by atoms with van der Waals surface area (Å²) >= 11 is 0. The Morgan fingerprint density at radius 3 is 2.52 bits per heavy atom. The first-order chi connectivity index (χ1) is 26.2. The van der Waals surface area contributed by atoms with Crippen LogP contribution in [0.3, 0.4) is 0 Å². The molecule has 0 amide bonds. The molecule has 2 fully saturated rings. The van der Waals surface area contributed by atoms with Gasteiger partial charge in [-0.05, 0) is 85.3 Å². The molecular formula is C42H44FN7O4. The molecule has 6 heterocycles. The Bertz CT molecular complexity index is 2460. The smallest absolute Gasteiger partial charge is 0.307 e. The van der Waals surface area contributed by atoms with Crippen LogP contribution in [0.4, 0.5) is 15.9 Å². The average molecular weight is 730 g/mol. The molecule has 2 atom stereocenters. The van der Waals surface area contributed by atoms with Crippen LogP contribution in [-0.2, 0) is 17.9 Å². The van der Waals surface area contributed by atoms with Crippen molar-refractivity contribution < 1.29 is 23.8 Å². The molecular weight excluding hydrogens is 686 g/mol. The van der Waals surface area contributed by atoms with Crippen LogP contribution >= 0.6 is 0 Å². The van der Waals surface area contributed by atoms with E-state index in [0.29, 0.717) is 61.6 Å². The molecule has 0 unspecified atom stereocenters.